The normalized spacial score (nSPS) is 14.2. The lowest BCUT2D eigenvalue weighted by atomic mass is 9.96. The van der Waals surface area contributed by atoms with Crippen LogP contribution < -0.4 is 0 Å². The summed E-state index contributed by atoms with van der Waals surface area (Å²) in [5, 5.41) is 9.50. The average molecular weight is 506 g/mol. The van der Waals surface area contributed by atoms with Crippen LogP contribution in [0.15, 0.2) is 82.8 Å². The number of hydrogen-bond donors (Lipinski definition) is 1. The van der Waals surface area contributed by atoms with Crippen molar-refractivity contribution in [2.45, 2.75) is 26.7 Å². The third-order valence-corrected chi connectivity index (χ3v) is 7.16. The second-order valence-electron chi connectivity index (χ2n) is 9.09. The first kappa shape index (κ1) is 23.2. The fraction of sp³-hybridized carbons (Fsp3) is 0.129. The minimum Gasteiger partial charge on any atom is -0.434 e. The molecular formula is C31H24ClN3O2. The maximum atomic E-state index is 13.5. The van der Waals surface area contributed by atoms with Gasteiger partial charge in [0.25, 0.3) is 0 Å². The summed E-state index contributed by atoms with van der Waals surface area (Å²) < 4.78 is 8.10. The molecule has 0 aliphatic heterocycles. The molecular weight excluding hydrogens is 482 g/mol. The van der Waals surface area contributed by atoms with Gasteiger partial charge >= 0.3 is 0 Å². The number of aromatic nitrogens is 2. The lowest BCUT2D eigenvalue weighted by Gasteiger charge is -2.08. The molecule has 182 valence electrons. The number of allylic oxidation sites excluding steroid dienone is 1. The van der Waals surface area contributed by atoms with Crippen molar-refractivity contribution >= 4 is 40.4 Å². The van der Waals surface area contributed by atoms with Crippen LogP contribution in [0.1, 0.15) is 46.6 Å². The molecule has 0 saturated carbocycles. The van der Waals surface area contributed by atoms with E-state index in [1.165, 1.54) is 5.56 Å². The molecule has 0 radical (unpaired) electrons. The van der Waals surface area contributed by atoms with Crippen LogP contribution in [0.5, 0.6) is 0 Å². The van der Waals surface area contributed by atoms with E-state index in [2.05, 4.69) is 13.8 Å². The monoisotopic (exact) mass is 505 g/mol. The maximum absolute atomic E-state index is 13.5. The van der Waals surface area contributed by atoms with Crippen molar-refractivity contribution in [2.75, 3.05) is 0 Å². The van der Waals surface area contributed by atoms with Gasteiger partial charge in [0.05, 0.1) is 17.0 Å². The van der Waals surface area contributed by atoms with Gasteiger partial charge in [-0.25, -0.2) is 0 Å². The van der Waals surface area contributed by atoms with Gasteiger partial charge < -0.3 is 4.42 Å². The van der Waals surface area contributed by atoms with Gasteiger partial charge in [0.15, 0.2) is 17.0 Å². The lowest BCUT2D eigenvalue weighted by Crippen LogP contribution is -2.03. The van der Waals surface area contributed by atoms with Crippen molar-refractivity contribution in [3.63, 3.8) is 0 Å². The Morgan fingerprint density at radius 2 is 1.62 bits per heavy atom. The van der Waals surface area contributed by atoms with Gasteiger partial charge in [-0.3, -0.25) is 14.8 Å². The zero-order chi connectivity index (χ0) is 25.7. The molecule has 5 nitrogen and oxygen atoms in total. The molecule has 1 aliphatic rings. The largest absolute Gasteiger partial charge is 0.434 e. The standard InChI is InChI=1S/C31H24ClN3O2/c1-3-18-14-24-25(15-19(18)4-2)29(36)26(28(24)33)16-23-17-27-30(35(23)22-8-6-5-7-9-22)34-31(37-27)20-10-12-21(32)13-11-20/h5-17,33H,3-4H2,1-2H3/b26-16-,33-28?. The van der Waals surface area contributed by atoms with Crippen LogP contribution in [0, 0.1) is 5.41 Å². The molecule has 0 bridgehead atoms. The summed E-state index contributed by atoms with van der Waals surface area (Å²) in [5.74, 6) is 0.367. The number of ketones is 1. The van der Waals surface area contributed by atoms with Crippen molar-refractivity contribution in [1.82, 2.24) is 9.55 Å². The number of para-hydroxylation sites is 1. The number of carbonyl (C=O) groups excluding carboxylic acids is 1. The highest BCUT2D eigenvalue weighted by Gasteiger charge is 2.32. The van der Waals surface area contributed by atoms with E-state index in [9.17, 15) is 4.79 Å². The topological polar surface area (TPSA) is 71.9 Å². The predicted molar refractivity (Wildman–Crippen MR) is 148 cm³/mol. The van der Waals surface area contributed by atoms with Crippen LogP contribution >= 0.6 is 11.6 Å². The van der Waals surface area contributed by atoms with Gasteiger partial charge in [0.1, 0.15) is 0 Å². The molecule has 1 N–H and O–H groups in total. The number of oxazole rings is 1. The molecule has 2 heterocycles. The number of benzene rings is 3. The first-order valence-corrected chi connectivity index (χ1v) is 12.7. The molecule has 5 aromatic rings. The molecule has 2 aromatic heterocycles. The molecule has 6 heteroatoms. The van der Waals surface area contributed by atoms with Gasteiger partial charge in [-0.05, 0) is 78.6 Å². The third-order valence-electron chi connectivity index (χ3n) is 6.91. The Balaban J connectivity index is 1.50. The van der Waals surface area contributed by atoms with E-state index in [-0.39, 0.29) is 11.5 Å². The molecule has 37 heavy (non-hydrogen) atoms. The van der Waals surface area contributed by atoms with Crippen molar-refractivity contribution < 1.29 is 9.21 Å². The molecule has 0 saturated heterocycles. The molecule has 0 fully saturated rings. The van der Waals surface area contributed by atoms with Crippen LogP contribution in [0.4, 0.5) is 0 Å². The molecule has 0 amide bonds. The van der Waals surface area contributed by atoms with Crippen LogP contribution in [0.3, 0.4) is 0 Å². The lowest BCUT2D eigenvalue weighted by molar-refractivity contribution is 0.104. The number of halogens is 1. The number of aryl methyl sites for hydroxylation is 2. The number of Topliss-reactive ketones (excluding diaryl/α,β-unsaturated/α-hetero) is 1. The van der Waals surface area contributed by atoms with E-state index in [0.717, 1.165) is 35.3 Å². The summed E-state index contributed by atoms with van der Waals surface area (Å²) in [6, 6.07) is 23.0. The summed E-state index contributed by atoms with van der Waals surface area (Å²) in [6.07, 6.45) is 3.50. The number of nitrogens with zero attached hydrogens (tertiary/aromatic N) is 2. The smallest absolute Gasteiger partial charge is 0.228 e. The number of carbonyl (C=O) groups is 1. The van der Waals surface area contributed by atoms with E-state index >= 15 is 0 Å². The first-order valence-electron chi connectivity index (χ1n) is 12.3. The fourth-order valence-electron chi connectivity index (χ4n) is 5.00. The van der Waals surface area contributed by atoms with Crippen molar-refractivity contribution in [3.8, 4) is 17.1 Å². The molecule has 0 unspecified atom stereocenters. The van der Waals surface area contributed by atoms with Gasteiger partial charge in [-0.15, -0.1) is 0 Å². The molecule has 1 aliphatic carbocycles. The summed E-state index contributed by atoms with van der Waals surface area (Å²) >= 11 is 6.05. The Kier molecular flexibility index (Phi) is 5.65. The predicted octanol–water partition coefficient (Wildman–Crippen LogP) is 7.71. The Morgan fingerprint density at radius 3 is 2.30 bits per heavy atom. The molecule has 0 atom stereocenters. The summed E-state index contributed by atoms with van der Waals surface area (Å²) in [5.41, 5.74) is 7.95. The maximum Gasteiger partial charge on any atom is 0.228 e. The highest BCUT2D eigenvalue weighted by molar-refractivity contribution is 6.42. The second-order valence-corrected chi connectivity index (χ2v) is 9.53. The highest BCUT2D eigenvalue weighted by Crippen LogP contribution is 2.34. The van der Waals surface area contributed by atoms with Crippen molar-refractivity contribution in [3.05, 3.63) is 111 Å². The minimum atomic E-state index is -0.121. The van der Waals surface area contributed by atoms with Crippen LogP contribution in [-0.2, 0) is 12.8 Å². The van der Waals surface area contributed by atoms with E-state index < -0.39 is 0 Å². The van der Waals surface area contributed by atoms with E-state index in [1.807, 2.05) is 65.2 Å². The quantitative estimate of drug-likeness (QED) is 0.248. The Labute approximate surface area is 219 Å². The molecule has 3 aromatic carbocycles. The van der Waals surface area contributed by atoms with Gasteiger partial charge in [-0.1, -0.05) is 43.6 Å². The fourth-order valence-corrected chi connectivity index (χ4v) is 5.13. The van der Waals surface area contributed by atoms with E-state index in [0.29, 0.717) is 38.8 Å². The van der Waals surface area contributed by atoms with Crippen LogP contribution in [0.2, 0.25) is 5.02 Å². The Hall–Kier alpha value is -4.22. The van der Waals surface area contributed by atoms with Crippen molar-refractivity contribution in [1.29, 1.82) is 5.41 Å². The summed E-state index contributed by atoms with van der Waals surface area (Å²) in [6.45, 7) is 4.20. The number of fused-ring (bicyclic) bond motifs is 2. The van der Waals surface area contributed by atoms with E-state index in [4.69, 9.17) is 26.4 Å². The Morgan fingerprint density at radius 1 is 0.946 bits per heavy atom. The molecule has 6 rings (SSSR count). The zero-order valence-corrected chi connectivity index (χ0v) is 21.3. The number of nitrogens with one attached hydrogen (secondary N) is 1. The summed E-state index contributed by atoms with van der Waals surface area (Å²) in [7, 11) is 0. The molecule has 0 spiro atoms. The number of hydrogen-bond acceptors (Lipinski definition) is 4. The van der Waals surface area contributed by atoms with E-state index in [1.54, 1.807) is 18.2 Å². The second kappa shape index (κ2) is 9.02. The Bertz CT molecular complexity index is 1680. The first-order chi connectivity index (χ1) is 18.0. The summed E-state index contributed by atoms with van der Waals surface area (Å²) in [4.78, 5) is 18.3. The highest BCUT2D eigenvalue weighted by atomic mass is 35.5. The van der Waals surface area contributed by atoms with Crippen LogP contribution in [-0.4, -0.2) is 21.0 Å². The van der Waals surface area contributed by atoms with Gasteiger partial charge in [0, 0.05) is 33.5 Å². The average Bonchev–Trinajstić information content (AvgIpc) is 3.55. The van der Waals surface area contributed by atoms with Gasteiger partial charge in [-0.2, -0.15) is 4.98 Å². The van der Waals surface area contributed by atoms with Crippen molar-refractivity contribution in [2.24, 2.45) is 0 Å². The zero-order valence-electron chi connectivity index (χ0n) is 20.5. The third kappa shape index (κ3) is 3.83. The number of rotatable bonds is 5. The minimum absolute atomic E-state index is 0.121. The SMILES string of the molecule is CCc1cc2c(cc1CC)C(=O)/C(=C\c1cc3oc(-c4ccc(Cl)cc4)nc3n1-c1ccccc1)C2=N. The van der Waals surface area contributed by atoms with Gasteiger partial charge in [0.2, 0.25) is 5.89 Å². The van der Waals surface area contributed by atoms with Crippen LogP contribution in [0.25, 0.3) is 34.4 Å².